The molecule has 6 heteroatoms. The smallest absolute Gasteiger partial charge is 0.318 e. The number of carbonyl (C=O) groups is 2. The Bertz CT molecular complexity index is 727. The second-order valence-corrected chi connectivity index (χ2v) is 6.22. The number of amides is 3. The number of carbonyl (C=O) groups excluding carboxylic acids is 2. The van der Waals surface area contributed by atoms with Gasteiger partial charge in [0.1, 0.15) is 5.76 Å². The summed E-state index contributed by atoms with van der Waals surface area (Å²) in [5.41, 5.74) is 2.36. The molecule has 25 heavy (non-hydrogen) atoms. The summed E-state index contributed by atoms with van der Waals surface area (Å²) in [4.78, 5) is 26.2. The van der Waals surface area contributed by atoms with E-state index in [9.17, 15) is 9.59 Å². The van der Waals surface area contributed by atoms with E-state index in [4.69, 9.17) is 4.42 Å². The lowest BCUT2D eigenvalue weighted by atomic mass is 9.99. The summed E-state index contributed by atoms with van der Waals surface area (Å²) in [6, 6.07) is 11.6. The third-order valence-corrected chi connectivity index (χ3v) is 4.50. The fourth-order valence-corrected chi connectivity index (χ4v) is 3.21. The van der Waals surface area contributed by atoms with Crippen LogP contribution in [-0.4, -0.2) is 29.9 Å². The van der Waals surface area contributed by atoms with E-state index in [0.29, 0.717) is 18.8 Å². The van der Waals surface area contributed by atoms with Crippen molar-refractivity contribution in [2.24, 2.45) is 0 Å². The minimum atomic E-state index is -0.239. The highest BCUT2D eigenvalue weighted by atomic mass is 16.3. The fourth-order valence-electron chi connectivity index (χ4n) is 3.21. The Labute approximate surface area is 147 Å². The first-order valence-corrected chi connectivity index (χ1v) is 8.54. The molecule has 2 N–H and O–H groups in total. The number of aryl methyl sites for hydroxylation is 1. The first-order chi connectivity index (χ1) is 12.1. The van der Waals surface area contributed by atoms with Gasteiger partial charge in [-0.25, -0.2) is 4.79 Å². The van der Waals surface area contributed by atoms with E-state index >= 15 is 0 Å². The molecule has 0 spiro atoms. The van der Waals surface area contributed by atoms with Gasteiger partial charge in [0.2, 0.25) is 5.91 Å². The van der Waals surface area contributed by atoms with Crippen molar-refractivity contribution in [3.05, 3.63) is 59.5 Å². The van der Waals surface area contributed by atoms with Crippen LogP contribution in [0.2, 0.25) is 0 Å². The Morgan fingerprint density at radius 3 is 2.80 bits per heavy atom. The average molecular weight is 341 g/mol. The molecule has 1 saturated heterocycles. The number of hydrogen-bond acceptors (Lipinski definition) is 3. The maximum absolute atomic E-state index is 12.5. The van der Waals surface area contributed by atoms with Crippen molar-refractivity contribution in [3.8, 4) is 0 Å². The highest BCUT2D eigenvalue weighted by Crippen LogP contribution is 2.33. The number of rotatable bonds is 5. The van der Waals surface area contributed by atoms with Gasteiger partial charge in [-0.1, -0.05) is 24.3 Å². The topological polar surface area (TPSA) is 74.6 Å². The molecule has 1 unspecified atom stereocenters. The van der Waals surface area contributed by atoms with E-state index in [1.165, 1.54) is 11.1 Å². The van der Waals surface area contributed by atoms with Gasteiger partial charge in [0.05, 0.1) is 25.4 Å². The molecule has 6 nitrogen and oxygen atoms in total. The third kappa shape index (κ3) is 4.21. The number of likely N-dealkylation sites (tertiary alicyclic amines) is 1. The number of benzene rings is 1. The summed E-state index contributed by atoms with van der Waals surface area (Å²) in [5.74, 6) is 0.440. The maximum atomic E-state index is 12.5. The third-order valence-electron chi connectivity index (χ3n) is 4.50. The summed E-state index contributed by atoms with van der Waals surface area (Å²) in [7, 11) is 0. The summed E-state index contributed by atoms with van der Waals surface area (Å²) in [6.07, 6.45) is 3.47. The molecule has 1 atom stereocenters. The van der Waals surface area contributed by atoms with Gasteiger partial charge in [0.25, 0.3) is 0 Å². The molecule has 1 aromatic carbocycles. The Morgan fingerprint density at radius 2 is 2.04 bits per heavy atom. The van der Waals surface area contributed by atoms with Gasteiger partial charge in [0.15, 0.2) is 0 Å². The van der Waals surface area contributed by atoms with Gasteiger partial charge in [-0.05, 0) is 43.0 Å². The second-order valence-electron chi connectivity index (χ2n) is 6.22. The Hall–Kier alpha value is -2.76. The van der Waals surface area contributed by atoms with Crippen LogP contribution < -0.4 is 10.6 Å². The predicted molar refractivity (Wildman–Crippen MR) is 93.8 cm³/mol. The van der Waals surface area contributed by atoms with Gasteiger partial charge < -0.3 is 20.0 Å². The molecule has 3 rings (SSSR count). The summed E-state index contributed by atoms with van der Waals surface area (Å²) in [5, 5.41) is 5.44. The highest BCUT2D eigenvalue weighted by molar-refractivity contribution is 5.84. The fraction of sp³-hybridized carbons (Fsp3) is 0.368. The highest BCUT2D eigenvalue weighted by Gasteiger charge is 2.30. The van der Waals surface area contributed by atoms with Crippen LogP contribution in [0.15, 0.2) is 47.1 Å². The van der Waals surface area contributed by atoms with Crippen LogP contribution in [0.1, 0.15) is 35.8 Å². The molecule has 132 valence electrons. The van der Waals surface area contributed by atoms with Crippen molar-refractivity contribution in [2.45, 2.75) is 32.4 Å². The molecule has 1 aliphatic rings. The minimum Gasteiger partial charge on any atom is -0.467 e. The van der Waals surface area contributed by atoms with Crippen LogP contribution >= 0.6 is 0 Å². The second kappa shape index (κ2) is 7.88. The van der Waals surface area contributed by atoms with Crippen molar-refractivity contribution >= 4 is 11.9 Å². The van der Waals surface area contributed by atoms with Crippen LogP contribution in [0.4, 0.5) is 4.79 Å². The Morgan fingerprint density at radius 1 is 1.20 bits per heavy atom. The van der Waals surface area contributed by atoms with Gasteiger partial charge in [-0.3, -0.25) is 4.79 Å². The largest absolute Gasteiger partial charge is 0.467 e. The van der Waals surface area contributed by atoms with Crippen molar-refractivity contribution in [2.75, 3.05) is 13.1 Å². The molecule has 0 aliphatic carbocycles. The average Bonchev–Trinajstić information content (AvgIpc) is 3.29. The van der Waals surface area contributed by atoms with Crippen LogP contribution in [-0.2, 0) is 11.3 Å². The van der Waals surface area contributed by atoms with Crippen molar-refractivity contribution in [1.29, 1.82) is 0 Å². The van der Waals surface area contributed by atoms with Gasteiger partial charge in [-0.2, -0.15) is 0 Å². The standard InChI is InChI=1S/C19H23N3O3/c1-14-6-2-3-8-16(14)17-9-4-10-22(17)19(24)21-13-18(23)20-12-15-7-5-11-25-15/h2-3,5-8,11,17H,4,9-10,12-13H2,1H3,(H,20,23)(H,21,24). The lowest BCUT2D eigenvalue weighted by Gasteiger charge is -2.26. The van der Waals surface area contributed by atoms with E-state index in [2.05, 4.69) is 29.7 Å². The van der Waals surface area contributed by atoms with Gasteiger partial charge in [-0.15, -0.1) is 0 Å². The SMILES string of the molecule is Cc1ccccc1C1CCCN1C(=O)NCC(=O)NCc1ccco1. The number of furan rings is 1. The van der Waals surface area contributed by atoms with E-state index in [1.807, 2.05) is 17.0 Å². The van der Waals surface area contributed by atoms with Gasteiger partial charge in [0, 0.05) is 6.54 Å². The molecule has 0 radical (unpaired) electrons. The lowest BCUT2D eigenvalue weighted by molar-refractivity contribution is -0.120. The molecular formula is C19H23N3O3. The number of hydrogen-bond donors (Lipinski definition) is 2. The maximum Gasteiger partial charge on any atom is 0.318 e. The van der Waals surface area contributed by atoms with Crippen LogP contribution in [0.5, 0.6) is 0 Å². The summed E-state index contributed by atoms with van der Waals surface area (Å²) in [6.45, 7) is 3.04. The molecule has 2 aromatic rings. The van der Waals surface area contributed by atoms with E-state index in [0.717, 1.165) is 12.8 Å². The Kier molecular flexibility index (Phi) is 5.38. The number of urea groups is 1. The lowest BCUT2D eigenvalue weighted by Crippen LogP contribution is -2.44. The zero-order chi connectivity index (χ0) is 17.6. The zero-order valence-electron chi connectivity index (χ0n) is 14.3. The molecule has 0 bridgehead atoms. The van der Waals surface area contributed by atoms with E-state index in [-0.39, 0.29) is 24.5 Å². The predicted octanol–water partition coefficient (Wildman–Crippen LogP) is 2.75. The monoisotopic (exact) mass is 341 g/mol. The van der Waals surface area contributed by atoms with Crippen molar-refractivity contribution < 1.29 is 14.0 Å². The normalized spacial score (nSPS) is 16.7. The summed E-state index contributed by atoms with van der Waals surface area (Å²) >= 11 is 0. The van der Waals surface area contributed by atoms with E-state index < -0.39 is 0 Å². The Balaban J connectivity index is 1.52. The minimum absolute atomic E-state index is 0.0451. The van der Waals surface area contributed by atoms with Crippen LogP contribution in [0.25, 0.3) is 0 Å². The van der Waals surface area contributed by atoms with Crippen LogP contribution in [0, 0.1) is 6.92 Å². The zero-order valence-corrected chi connectivity index (χ0v) is 14.3. The first kappa shape index (κ1) is 17.1. The number of nitrogens with zero attached hydrogens (tertiary/aromatic N) is 1. The molecular weight excluding hydrogens is 318 g/mol. The molecule has 3 amide bonds. The molecule has 1 aromatic heterocycles. The quantitative estimate of drug-likeness (QED) is 0.878. The van der Waals surface area contributed by atoms with Gasteiger partial charge >= 0.3 is 6.03 Å². The molecule has 2 heterocycles. The van der Waals surface area contributed by atoms with E-state index in [1.54, 1.807) is 18.4 Å². The van der Waals surface area contributed by atoms with Crippen molar-refractivity contribution in [1.82, 2.24) is 15.5 Å². The first-order valence-electron chi connectivity index (χ1n) is 8.54. The number of nitrogens with one attached hydrogen (secondary N) is 2. The molecule has 1 aliphatic heterocycles. The molecule has 0 saturated carbocycles. The van der Waals surface area contributed by atoms with Crippen LogP contribution in [0.3, 0.4) is 0 Å². The molecule has 1 fully saturated rings. The summed E-state index contributed by atoms with van der Waals surface area (Å²) < 4.78 is 5.15. The van der Waals surface area contributed by atoms with Crippen molar-refractivity contribution in [3.63, 3.8) is 0 Å².